The predicted molar refractivity (Wildman–Crippen MR) is 81.7 cm³/mol. The van der Waals surface area contributed by atoms with E-state index in [1.807, 2.05) is 0 Å². The fourth-order valence-corrected chi connectivity index (χ4v) is 1.93. The molecule has 0 unspecified atom stereocenters. The zero-order chi connectivity index (χ0) is 13.7. The van der Waals surface area contributed by atoms with Gasteiger partial charge in [0.1, 0.15) is 0 Å². The molecule has 1 aliphatic rings. The number of rotatable bonds is 6. The molecule has 3 N–H and O–H groups in total. The van der Waals surface area contributed by atoms with Crippen LogP contribution in [0.1, 0.15) is 24.8 Å². The van der Waals surface area contributed by atoms with Gasteiger partial charge in [0.2, 0.25) is 0 Å². The zero-order valence-corrected chi connectivity index (χ0v) is 11.9. The summed E-state index contributed by atoms with van der Waals surface area (Å²) in [7, 11) is 4.11. The van der Waals surface area contributed by atoms with Gasteiger partial charge in [0.15, 0.2) is 5.96 Å². The van der Waals surface area contributed by atoms with Crippen molar-refractivity contribution in [3.63, 3.8) is 0 Å². The van der Waals surface area contributed by atoms with Gasteiger partial charge < -0.3 is 16.0 Å². The monoisotopic (exact) mass is 260 g/mol. The lowest BCUT2D eigenvalue weighted by Gasteiger charge is -2.12. The van der Waals surface area contributed by atoms with Crippen LogP contribution in [0, 0.1) is 0 Å². The number of nitrogens with two attached hydrogens (primary N) is 1. The molecule has 1 aromatic rings. The first-order valence-electron chi connectivity index (χ1n) is 6.98. The minimum atomic E-state index is 0.585. The van der Waals surface area contributed by atoms with Crippen molar-refractivity contribution in [2.24, 2.45) is 10.7 Å². The second-order valence-electron chi connectivity index (χ2n) is 5.35. The van der Waals surface area contributed by atoms with Crippen LogP contribution < -0.4 is 16.0 Å². The van der Waals surface area contributed by atoms with E-state index in [1.165, 1.54) is 24.1 Å². The highest BCUT2D eigenvalue weighted by atomic mass is 15.1. The molecule has 0 heterocycles. The van der Waals surface area contributed by atoms with Crippen molar-refractivity contribution in [2.75, 3.05) is 25.5 Å². The summed E-state index contributed by atoms with van der Waals surface area (Å²) in [5.41, 5.74) is 8.37. The molecule has 1 saturated carbocycles. The van der Waals surface area contributed by atoms with Crippen molar-refractivity contribution in [1.29, 1.82) is 0 Å². The summed E-state index contributed by atoms with van der Waals surface area (Å²) in [6.45, 7) is 0.793. The molecule has 1 fully saturated rings. The Morgan fingerprint density at radius 1 is 1.32 bits per heavy atom. The van der Waals surface area contributed by atoms with Gasteiger partial charge in [0.05, 0.1) is 0 Å². The molecule has 0 bridgehead atoms. The first-order valence-corrected chi connectivity index (χ1v) is 6.98. The average Bonchev–Trinajstić information content (AvgIpc) is 3.19. The number of guanidine groups is 1. The molecule has 0 aliphatic heterocycles. The van der Waals surface area contributed by atoms with Crippen LogP contribution in [-0.2, 0) is 6.42 Å². The van der Waals surface area contributed by atoms with Crippen LogP contribution >= 0.6 is 0 Å². The van der Waals surface area contributed by atoms with E-state index in [0.717, 1.165) is 19.4 Å². The van der Waals surface area contributed by atoms with Crippen molar-refractivity contribution in [1.82, 2.24) is 5.32 Å². The van der Waals surface area contributed by atoms with Gasteiger partial charge in [0.25, 0.3) is 0 Å². The third-order valence-corrected chi connectivity index (χ3v) is 3.29. The molecule has 2 rings (SSSR count). The Labute approximate surface area is 115 Å². The Kier molecular flexibility index (Phi) is 4.66. The zero-order valence-electron chi connectivity index (χ0n) is 11.9. The van der Waals surface area contributed by atoms with Crippen LogP contribution in [0.25, 0.3) is 0 Å². The smallest absolute Gasteiger partial charge is 0.188 e. The fraction of sp³-hybridized carbons (Fsp3) is 0.533. The molecule has 0 amide bonds. The number of nitrogens with one attached hydrogen (secondary N) is 1. The van der Waals surface area contributed by atoms with Gasteiger partial charge in [-0.1, -0.05) is 12.1 Å². The quantitative estimate of drug-likeness (QED) is 0.465. The summed E-state index contributed by atoms with van der Waals surface area (Å²) in [5.74, 6) is 0.602. The van der Waals surface area contributed by atoms with E-state index in [9.17, 15) is 0 Å². The number of anilines is 1. The van der Waals surface area contributed by atoms with Crippen molar-refractivity contribution in [2.45, 2.75) is 31.7 Å². The lowest BCUT2D eigenvalue weighted by Crippen LogP contribution is -2.33. The highest BCUT2D eigenvalue weighted by molar-refractivity contribution is 5.78. The normalized spacial score (nSPS) is 15.4. The minimum absolute atomic E-state index is 0.585. The van der Waals surface area contributed by atoms with E-state index in [0.29, 0.717) is 12.0 Å². The number of hydrogen-bond acceptors (Lipinski definition) is 2. The van der Waals surface area contributed by atoms with Crippen molar-refractivity contribution in [3.8, 4) is 0 Å². The first kappa shape index (κ1) is 13.7. The molecule has 0 spiro atoms. The Morgan fingerprint density at radius 2 is 2.00 bits per heavy atom. The number of benzene rings is 1. The van der Waals surface area contributed by atoms with E-state index in [4.69, 9.17) is 5.73 Å². The van der Waals surface area contributed by atoms with E-state index < -0.39 is 0 Å². The van der Waals surface area contributed by atoms with Crippen molar-refractivity contribution in [3.05, 3.63) is 29.8 Å². The molecule has 1 aliphatic carbocycles. The molecule has 0 saturated heterocycles. The van der Waals surface area contributed by atoms with E-state index in [2.05, 4.69) is 53.6 Å². The summed E-state index contributed by atoms with van der Waals surface area (Å²) in [5, 5.41) is 3.19. The summed E-state index contributed by atoms with van der Waals surface area (Å²) in [6, 6.07) is 9.26. The molecular formula is C15H24N4. The summed E-state index contributed by atoms with van der Waals surface area (Å²) in [4.78, 5) is 6.45. The molecule has 1 aromatic carbocycles. The molecule has 19 heavy (non-hydrogen) atoms. The van der Waals surface area contributed by atoms with Gasteiger partial charge in [-0.2, -0.15) is 0 Å². The maximum atomic E-state index is 5.78. The molecule has 104 valence electrons. The highest BCUT2D eigenvalue weighted by Gasteiger charge is 2.21. The number of nitrogens with zero attached hydrogens (tertiary/aromatic N) is 2. The van der Waals surface area contributed by atoms with Crippen LogP contribution in [0.3, 0.4) is 0 Å². The largest absolute Gasteiger partial charge is 0.378 e. The Balaban J connectivity index is 1.69. The third-order valence-electron chi connectivity index (χ3n) is 3.29. The summed E-state index contributed by atoms with van der Waals surface area (Å²) >= 11 is 0. The predicted octanol–water partition coefficient (Wildman–Crippen LogP) is 1.75. The van der Waals surface area contributed by atoms with Gasteiger partial charge in [-0.3, -0.25) is 4.99 Å². The first-order chi connectivity index (χ1) is 9.15. The number of hydrogen-bond donors (Lipinski definition) is 2. The van der Waals surface area contributed by atoms with Crippen LogP contribution in [0.2, 0.25) is 0 Å². The maximum absolute atomic E-state index is 5.78. The number of aryl methyl sites for hydroxylation is 1. The standard InChI is InChI=1S/C15H24N4/c1-19(2)14-9-5-12(6-10-14)4-3-11-17-15(16)18-13-7-8-13/h5-6,9-10,13H,3-4,7-8,11H2,1-2H3,(H3,16,17,18). The van der Waals surface area contributed by atoms with Crippen molar-refractivity contribution >= 4 is 11.6 Å². The minimum Gasteiger partial charge on any atom is -0.378 e. The lowest BCUT2D eigenvalue weighted by atomic mass is 10.1. The molecule has 0 aromatic heterocycles. The summed E-state index contributed by atoms with van der Waals surface area (Å²) < 4.78 is 0. The van der Waals surface area contributed by atoms with Gasteiger partial charge >= 0.3 is 0 Å². The SMILES string of the molecule is CN(C)c1ccc(CCCN=C(N)NC2CC2)cc1. The average molecular weight is 260 g/mol. The second kappa shape index (κ2) is 6.45. The molecule has 4 nitrogen and oxygen atoms in total. The van der Waals surface area contributed by atoms with E-state index in [1.54, 1.807) is 0 Å². The Bertz CT molecular complexity index is 418. The van der Waals surface area contributed by atoms with Gasteiger partial charge in [-0.15, -0.1) is 0 Å². The van der Waals surface area contributed by atoms with Crippen LogP contribution in [0.4, 0.5) is 5.69 Å². The highest BCUT2D eigenvalue weighted by Crippen LogP contribution is 2.18. The van der Waals surface area contributed by atoms with Crippen molar-refractivity contribution < 1.29 is 0 Å². The second-order valence-corrected chi connectivity index (χ2v) is 5.35. The Morgan fingerprint density at radius 3 is 2.58 bits per heavy atom. The van der Waals surface area contributed by atoms with E-state index >= 15 is 0 Å². The van der Waals surface area contributed by atoms with E-state index in [-0.39, 0.29) is 0 Å². The molecule has 4 heteroatoms. The maximum Gasteiger partial charge on any atom is 0.188 e. The third kappa shape index (κ3) is 4.81. The molecule has 0 atom stereocenters. The van der Waals surface area contributed by atoms with Gasteiger partial charge in [0, 0.05) is 32.4 Å². The summed E-state index contributed by atoms with van der Waals surface area (Å²) in [6.07, 6.45) is 4.55. The van der Waals surface area contributed by atoms with Gasteiger partial charge in [-0.25, -0.2) is 0 Å². The Hall–Kier alpha value is -1.71. The van der Waals surface area contributed by atoms with Crippen LogP contribution in [-0.4, -0.2) is 32.6 Å². The van der Waals surface area contributed by atoms with Crippen LogP contribution in [0.5, 0.6) is 0 Å². The lowest BCUT2D eigenvalue weighted by molar-refractivity contribution is 0.813. The fourth-order valence-electron chi connectivity index (χ4n) is 1.93. The van der Waals surface area contributed by atoms with Crippen LogP contribution in [0.15, 0.2) is 29.3 Å². The topological polar surface area (TPSA) is 53.6 Å². The van der Waals surface area contributed by atoms with Gasteiger partial charge in [-0.05, 0) is 43.4 Å². The number of aliphatic imine (C=N–C) groups is 1. The molecular weight excluding hydrogens is 236 g/mol. The molecule has 0 radical (unpaired) electrons.